The molecule has 0 saturated carbocycles. The van der Waals surface area contributed by atoms with Gasteiger partial charge in [-0.15, -0.1) is 0 Å². The van der Waals surface area contributed by atoms with Crippen LogP contribution in [0.1, 0.15) is 49.5 Å². The number of halogens is 2. The quantitative estimate of drug-likeness (QED) is 0.160. The van der Waals surface area contributed by atoms with Gasteiger partial charge in [0.15, 0.2) is 11.6 Å². The number of carbonyl (C=O) groups is 1. The lowest BCUT2D eigenvalue weighted by atomic mass is 10.1. The van der Waals surface area contributed by atoms with Crippen LogP contribution in [0.25, 0.3) is 0 Å². The van der Waals surface area contributed by atoms with Crippen LogP contribution in [0, 0.1) is 11.6 Å². The third kappa shape index (κ3) is 10.5. The highest BCUT2D eigenvalue weighted by Crippen LogP contribution is 2.29. The van der Waals surface area contributed by atoms with Crippen molar-refractivity contribution < 1.29 is 13.6 Å². The summed E-state index contributed by atoms with van der Waals surface area (Å²) in [6.07, 6.45) is 4.02. The molecule has 41 heavy (non-hydrogen) atoms. The fraction of sp³-hybridized carbons (Fsp3) is 0.429. The number of nitrogens with zero attached hydrogens (tertiary/aromatic N) is 4. The standard InChI is InChI=1S/C24H33F2N9OS.C4H10/c1-16(37)30-13-19(27)15-35(29)20-11-21(25)23(22(26)12-20)34-8-6-33(7-9-34)14-17-4-3-5-18(10-17)24(36)32(2)31-28;1-3-4-2/h3-5,10-12,15,31H,6-9,13-14,27-29H2,1-2H3,(H,30,37);3-4H2,1-2H3/b19-15-;. The van der Waals surface area contributed by atoms with Crippen molar-refractivity contribution in [1.29, 1.82) is 0 Å². The third-order valence-electron chi connectivity index (χ3n) is 6.41. The zero-order valence-electron chi connectivity index (χ0n) is 24.3. The molecule has 2 aromatic carbocycles. The molecule has 13 heteroatoms. The van der Waals surface area contributed by atoms with Gasteiger partial charge in [-0.25, -0.2) is 14.6 Å². The Labute approximate surface area is 247 Å². The van der Waals surface area contributed by atoms with Crippen molar-refractivity contribution >= 4 is 34.5 Å². The molecule has 0 atom stereocenters. The SMILES string of the molecule is CC(=S)NC/C(N)=C/N(N)c1cc(F)c(N2CCN(Cc3cccc(C(=O)N(C)NN)c3)CC2)c(F)c1.CCCC. The molecule has 1 saturated heterocycles. The highest BCUT2D eigenvalue weighted by molar-refractivity contribution is 7.80. The number of hydrazine groups is 3. The molecule has 0 unspecified atom stereocenters. The van der Waals surface area contributed by atoms with E-state index in [1.807, 2.05) is 18.2 Å². The van der Waals surface area contributed by atoms with Crippen molar-refractivity contribution in [2.24, 2.45) is 17.4 Å². The normalized spacial score (nSPS) is 13.8. The maximum Gasteiger partial charge on any atom is 0.268 e. The number of thiocarbonyl (C=S) groups is 1. The van der Waals surface area contributed by atoms with E-state index in [9.17, 15) is 13.6 Å². The molecule has 1 fully saturated rings. The minimum atomic E-state index is -0.706. The number of unbranched alkanes of at least 4 members (excludes halogenated alkanes) is 1. The molecule has 226 valence electrons. The van der Waals surface area contributed by atoms with Crippen LogP contribution in [0.4, 0.5) is 20.2 Å². The van der Waals surface area contributed by atoms with Crippen LogP contribution in [-0.2, 0) is 6.54 Å². The summed E-state index contributed by atoms with van der Waals surface area (Å²) >= 11 is 4.93. The molecule has 0 aliphatic carbocycles. The minimum Gasteiger partial charge on any atom is -0.399 e. The molecule has 1 aliphatic heterocycles. The number of carbonyl (C=O) groups excluding carboxylic acids is 1. The van der Waals surface area contributed by atoms with E-state index in [1.165, 1.54) is 43.2 Å². The second-order valence-corrected chi connectivity index (χ2v) is 10.3. The number of piperazine rings is 1. The van der Waals surface area contributed by atoms with Gasteiger partial charge in [0, 0.05) is 69.4 Å². The molecule has 1 aliphatic rings. The fourth-order valence-corrected chi connectivity index (χ4v) is 4.04. The predicted octanol–water partition coefficient (Wildman–Crippen LogP) is 2.96. The molecular weight excluding hydrogens is 548 g/mol. The monoisotopic (exact) mass is 591 g/mol. The van der Waals surface area contributed by atoms with E-state index in [0.717, 1.165) is 10.6 Å². The second-order valence-electron chi connectivity index (χ2n) is 9.74. The van der Waals surface area contributed by atoms with Gasteiger partial charge in [-0.1, -0.05) is 51.0 Å². The molecule has 1 heterocycles. The van der Waals surface area contributed by atoms with E-state index >= 15 is 0 Å². The molecule has 3 rings (SSSR count). The highest BCUT2D eigenvalue weighted by atomic mass is 32.1. The first kappa shape index (κ1) is 33.8. The number of hydrogen-bond donors (Lipinski definition) is 5. The summed E-state index contributed by atoms with van der Waals surface area (Å²) in [6, 6.07) is 9.64. The summed E-state index contributed by atoms with van der Waals surface area (Å²) in [5.74, 6) is 9.59. The lowest BCUT2D eigenvalue weighted by molar-refractivity contribution is 0.0717. The number of nitrogens with two attached hydrogens (primary N) is 3. The summed E-state index contributed by atoms with van der Waals surface area (Å²) < 4.78 is 30.0. The largest absolute Gasteiger partial charge is 0.399 e. The van der Waals surface area contributed by atoms with Gasteiger partial charge >= 0.3 is 0 Å². The van der Waals surface area contributed by atoms with Gasteiger partial charge in [-0.3, -0.25) is 25.6 Å². The van der Waals surface area contributed by atoms with Gasteiger partial charge in [0.1, 0.15) is 5.69 Å². The maximum atomic E-state index is 15.0. The Hall–Kier alpha value is -3.36. The summed E-state index contributed by atoms with van der Waals surface area (Å²) in [6.45, 7) is 9.01. The second kappa shape index (κ2) is 16.8. The van der Waals surface area contributed by atoms with Crippen molar-refractivity contribution in [2.45, 2.75) is 40.2 Å². The zero-order chi connectivity index (χ0) is 30.5. The summed E-state index contributed by atoms with van der Waals surface area (Å²) in [5.41, 5.74) is 10.0. The van der Waals surface area contributed by atoms with Gasteiger partial charge in [0.05, 0.1) is 17.2 Å². The first-order valence-corrected chi connectivity index (χ1v) is 14.0. The van der Waals surface area contributed by atoms with E-state index in [4.69, 9.17) is 29.6 Å². The molecule has 8 N–H and O–H groups in total. The lowest BCUT2D eigenvalue weighted by Crippen LogP contribution is -2.46. The van der Waals surface area contributed by atoms with Crippen LogP contribution in [0.5, 0.6) is 0 Å². The smallest absolute Gasteiger partial charge is 0.268 e. The van der Waals surface area contributed by atoms with Gasteiger partial charge in [-0.05, 0) is 24.6 Å². The minimum absolute atomic E-state index is 0.0864. The Morgan fingerprint density at radius 1 is 1.10 bits per heavy atom. The fourth-order valence-electron chi connectivity index (χ4n) is 3.97. The van der Waals surface area contributed by atoms with Crippen LogP contribution >= 0.6 is 12.2 Å². The number of benzene rings is 2. The Morgan fingerprint density at radius 2 is 1.71 bits per heavy atom. The van der Waals surface area contributed by atoms with Crippen LogP contribution in [0.2, 0.25) is 0 Å². The van der Waals surface area contributed by atoms with E-state index in [0.29, 0.717) is 49.0 Å². The zero-order valence-corrected chi connectivity index (χ0v) is 25.1. The molecule has 0 bridgehead atoms. The van der Waals surface area contributed by atoms with Gasteiger partial charge in [0.2, 0.25) is 0 Å². The summed E-state index contributed by atoms with van der Waals surface area (Å²) in [5, 5.41) is 5.15. The molecule has 0 spiro atoms. The topological polar surface area (TPSA) is 132 Å². The number of rotatable bonds is 10. The van der Waals surface area contributed by atoms with Crippen molar-refractivity contribution in [3.63, 3.8) is 0 Å². The van der Waals surface area contributed by atoms with Gasteiger partial charge < -0.3 is 16.0 Å². The van der Waals surface area contributed by atoms with Crippen molar-refractivity contribution in [1.82, 2.24) is 20.8 Å². The maximum absolute atomic E-state index is 15.0. The number of anilines is 2. The van der Waals surface area contributed by atoms with Gasteiger partial charge in [-0.2, -0.15) is 5.53 Å². The number of hydrogen-bond acceptors (Lipinski definition) is 9. The average molecular weight is 592 g/mol. The molecule has 0 radical (unpaired) electrons. The first-order chi connectivity index (χ1) is 19.5. The van der Waals surface area contributed by atoms with Crippen molar-refractivity contribution in [3.8, 4) is 0 Å². The Kier molecular flexibility index (Phi) is 13.9. The van der Waals surface area contributed by atoms with E-state index in [2.05, 4.69) is 29.6 Å². The number of nitrogens with one attached hydrogen (secondary N) is 2. The van der Waals surface area contributed by atoms with E-state index < -0.39 is 11.6 Å². The van der Waals surface area contributed by atoms with Crippen LogP contribution in [0.15, 0.2) is 48.3 Å². The van der Waals surface area contributed by atoms with Crippen LogP contribution in [-0.4, -0.2) is 60.6 Å². The third-order valence-corrected chi connectivity index (χ3v) is 6.56. The van der Waals surface area contributed by atoms with Gasteiger partial charge in [0.25, 0.3) is 5.91 Å². The Balaban J connectivity index is 0.00000138. The predicted molar refractivity (Wildman–Crippen MR) is 166 cm³/mol. The molecule has 1 amide bonds. The van der Waals surface area contributed by atoms with E-state index in [-0.39, 0.29) is 23.8 Å². The molecule has 10 nitrogen and oxygen atoms in total. The van der Waals surface area contributed by atoms with E-state index in [1.54, 1.807) is 17.9 Å². The molecular formula is C28H43F2N9OS. The molecule has 2 aromatic rings. The van der Waals surface area contributed by atoms with Crippen LogP contribution < -0.4 is 38.2 Å². The Morgan fingerprint density at radius 3 is 2.24 bits per heavy atom. The lowest BCUT2D eigenvalue weighted by Gasteiger charge is -2.36. The van der Waals surface area contributed by atoms with Crippen molar-refractivity contribution in [2.75, 3.05) is 49.7 Å². The first-order valence-electron chi connectivity index (χ1n) is 13.5. The molecule has 0 aromatic heterocycles. The van der Waals surface area contributed by atoms with Crippen LogP contribution in [0.3, 0.4) is 0 Å². The van der Waals surface area contributed by atoms with Crippen molar-refractivity contribution in [3.05, 3.63) is 71.1 Å². The Bertz CT molecular complexity index is 1160. The average Bonchev–Trinajstić information content (AvgIpc) is 2.96. The summed E-state index contributed by atoms with van der Waals surface area (Å²) in [4.78, 5) is 16.7. The number of amides is 1. The highest BCUT2D eigenvalue weighted by Gasteiger charge is 2.24. The summed E-state index contributed by atoms with van der Waals surface area (Å²) in [7, 11) is 1.54.